The van der Waals surface area contributed by atoms with E-state index in [0.717, 1.165) is 17.8 Å². The molecule has 0 aromatic heterocycles. The second kappa shape index (κ2) is 5.67. The number of rotatable bonds is 4. The predicted octanol–water partition coefficient (Wildman–Crippen LogP) is 3.74. The highest BCUT2D eigenvalue weighted by molar-refractivity contribution is 5.95. The number of benzene rings is 3. The Labute approximate surface area is 123 Å². The fourth-order valence-corrected chi connectivity index (χ4v) is 2.41. The van der Waals surface area contributed by atoms with E-state index in [2.05, 4.69) is 47.8 Å². The molecular formula is C18H17N3. The summed E-state index contributed by atoms with van der Waals surface area (Å²) in [5.74, 6) is 0.0932. The molecule has 3 aromatic carbocycles. The molecule has 0 heterocycles. The summed E-state index contributed by atoms with van der Waals surface area (Å²) < 4.78 is 0. The maximum Gasteiger partial charge on any atom is 0.122 e. The molecule has 0 saturated heterocycles. The van der Waals surface area contributed by atoms with E-state index in [9.17, 15) is 0 Å². The smallest absolute Gasteiger partial charge is 0.122 e. The topological polar surface area (TPSA) is 61.9 Å². The van der Waals surface area contributed by atoms with E-state index in [0.29, 0.717) is 0 Å². The third-order valence-corrected chi connectivity index (χ3v) is 3.56. The number of nitrogen functional groups attached to an aromatic ring is 1. The molecule has 0 atom stereocenters. The number of anilines is 1. The Kier molecular flexibility index (Phi) is 3.56. The van der Waals surface area contributed by atoms with Crippen LogP contribution in [-0.2, 0) is 6.54 Å². The zero-order valence-corrected chi connectivity index (χ0v) is 11.6. The van der Waals surface area contributed by atoms with E-state index in [1.54, 1.807) is 0 Å². The van der Waals surface area contributed by atoms with Crippen molar-refractivity contribution in [3.05, 3.63) is 77.9 Å². The average molecular weight is 275 g/mol. The number of amidine groups is 1. The molecule has 0 spiro atoms. The molecule has 4 N–H and O–H groups in total. The van der Waals surface area contributed by atoms with Gasteiger partial charge in [0.25, 0.3) is 0 Å². The van der Waals surface area contributed by atoms with Crippen molar-refractivity contribution in [3.63, 3.8) is 0 Å². The van der Waals surface area contributed by atoms with Crippen LogP contribution in [0.4, 0.5) is 5.69 Å². The first-order valence-corrected chi connectivity index (χ1v) is 6.89. The molecule has 0 unspecified atom stereocenters. The van der Waals surface area contributed by atoms with E-state index in [4.69, 9.17) is 11.1 Å². The number of hydrogen-bond acceptors (Lipinski definition) is 2. The minimum absolute atomic E-state index is 0.0932. The van der Waals surface area contributed by atoms with Crippen molar-refractivity contribution < 1.29 is 0 Å². The summed E-state index contributed by atoms with van der Waals surface area (Å²) in [6.07, 6.45) is 0. The van der Waals surface area contributed by atoms with Crippen LogP contribution in [0.3, 0.4) is 0 Å². The van der Waals surface area contributed by atoms with Crippen molar-refractivity contribution in [1.82, 2.24) is 0 Å². The van der Waals surface area contributed by atoms with Crippen LogP contribution in [0.5, 0.6) is 0 Å². The molecule has 3 aromatic rings. The monoisotopic (exact) mass is 275 g/mol. The third-order valence-electron chi connectivity index (χ3n) is 3.56. The van der Waals surface area contributed by atoms with Crippen LogP contribution in [0.1, 0.15) is 11.1 Å². The molecule has 0 aliphatic heterocycles. The van der Waals surface area contributed by atoms with Gasteiger partial charge in [0.1, 0.15) is 5.84 Å². The second-order valence-corrected chi connectivity index (χ2v) is 4.98. The highest BCUT2D eigenvalue weighted by Crippen LogP contribution is 2.20. The predicted molar refractivity (Wildman–Crippen MR) is 88.7 cm³/mol. The quantitative estimate of drug-likeness (QED) is 0.502. The number of nitrogens with one attached hydrogen (secondary N) is 2. The molecule has 0 aliphatic carbocycles. The second-order valence-electron chi connectivity index (χ2n) is 4.98. The lowest BCUT2D eigenvalue weighted by Gasteiger charge is -2.10. The minimum atomic E-state index is 0.0932. The number of hydrogen-bond donors (Lipinski definition) is 3. The van der Waals surface area contributed by atoms with Crippen molar-refractivity contribution in [3.8, 4) is 0 Å². The molecule has 0 saturated carbocycles. The summed E-state index contributed by atoms with van der Waals surface area (Å²) >= 11 is 0. The van der Waals surface area contributed by atoms with Crippen molar-refractivity contribution in [1.29, 1.82) is 5.41 Å². The van der Waals surface area contributed by atoms with E-state index in [-0.39, 0.29) is 5.84 Å². The van der Waals surface area contributed by atoms with Gasteiger partial charge >= 0.3 is 0 Å². The van der Waals surface area contributed by atoms with Gasteiger partial charge in [0.05, 0.1) is 0 Å². The Morgan fingerprint density at radius 3 is 2.38 bits per heavy atom. The molecule has 3 heteroatoms. The zero-order chi connectivity index (χ0) is 14.7. The van der Waals surface area contributed by atoms with Gasteiger partial charge in [0.2, 0.25) is 0 Å². The van der Waals surface area contributed by atoms with Crippen molar-refractivity contribution >= 4 is 22.3 Å². The van der Waals surface area contributed by atoms with E-state index in [1.807, 2.05) is 24.3 Å². The maximum atomic E-state index is 7.39. The highest BCUT2D eigenvalue weighted by Gasteiger charge is 2.01. The fraction of sp³-hybridized carbons (Fsp3) is 0.0556. The summed E-state index contributed by atoms with van der Waals surface area (Å²) in [6, 6.07) is 22.3. The normalized spacial score (nSPS) is 10.5. The summed E-state index contributed by atoms with van der Waals surface area (Å²) in [5, 5.41) is 13.3. The van der Waals surface area contributed by atoms with Gasteiger partial charge in [-0.05, 0) is 40.6 Å². The van der Waals surface area contributed by atoms with Crippen molar-refractivity contribution in [2.45, 2.75) is 6.54 Å². The van der Waals surface area contributed by atoms with Gasteiger partial charge in [-0.1, -0.05) is 42.5 Å². The Hall–Kier alpha value is -2.81. The molecule has 0 radical (unpaired) electrons. The van der Waals surface area contributed by atoms with Crippen molar-refractivity contribution in [2.75, 3.05) is 5.32 Å². The van der Waals surface area contributed by atoms with Gasteiger partial charge in [-0.3, -0.25) is 5.41 Å². The number of fused-ring (bicyclic) bond motifs is 1. The summed E-state index contributed by atoms with van der Waals surface area (Å²) in [7, 11) is 0. The molecule has 3 nitrogen and oxygen atoms in total. The van der Waals surface area contributed by atoms with Crippen molar-refractivity contribution in [2.24, 2.45) is 5.73 Å². The SMILES string of the molecule is N=C(N)c1ccc(NCc2cccc3ccccc23)cc1. The van der Waals surface area contributed by atoms with Gasteiger partial charge < -0.3 is 11.1 Å². The van der Waals surface area contributed by atoms with Gasteiger partial charge in [-0.2, -0.15) is 0 Å². The Bertz CT molecular complexity index is 771. The van der Waals surface area contributed by atoms with Crippen LogP contribution < -0.4 is 11.1 Å². The molecule has 0 aliphatic rings. The molecule has 0 amide bonds. The Balaban J connectivity index is 1.79. The first-order valence-electron chi connectivity index (χ1n) is 6.89. The maximum absolute atomic E-state index is 7.39. The summed E-state index contributed by atoms with van der Waals surface area (Å²) in [4.78, 5) is 0. The lowest BCUT2D eigenvalue weighted by Crippen LogP contribution is -2.10. The first kappa shape index (κ1) is 13.2. The molecule has 104 valence electrons. The van der Waals surface area contributed by atoms with Gasteiger partial charge in [-0.25, -0.2) is 0 Å². The Morgan fingerprint density at radius 2 is 1.62 bits per heavy atom. The van der Waals surface area contributed by atoms with Gasteiger partial charge in [0, 0.05) is 17.8 Å². The van der Waals surface area contributed by atoms with Gasteiger partial charge in [-0.15, -0.1) is 0 Å². The van der Waals surface area contributed by atoms with Crippen LogP contribution in [0.2, 0.25) is 0 Å². The van der Waals surface area contributed by atoms with Gasteiger partial charge in [0.15, 0.2) is 0 Å². The van der Waals surface area contributed by atoms with Crippen LogP contribution in [0.25, 0.3) is 10.8 Å². The van der Waals surface area contributed by atoms with Crippen LogP contribution in [-0.4, -0.2) is 5.84 Å². The molecule has 0 fully saturated rings. The minimum Gasteiger partial charge on any atom is -0.384 e. The molecule has 3 rings (SSSR count). The average Bonchev–Trinajstić information content (AvgIpc) is 2.53. The lowest BCUT2D eigenvalue weighted by molar-refractivity contribution is 1.17. The Morgan fingerprint density at radius 1 is 0.905 bits per heavy atom. The molecule has 21 heavy (non-hydrogen) atoms. The summed E-state index contributed by atoms with van der Waals surface area (Å²) in [6.45, 7) is 0.765. The largest absolute Gasteiger partial charge is 0.384 e. The van der Waals surface area contributed by atoms with Crippen LogP contribution >= 0.6 is 0 Å². The molecule has 0 bridgehead atoms. The lowest BCUT2D eigenvalue weighted by atomic mass is 10.0. The third kappa shape index (κ3) is 2.87. The van der Waals surface area contributed by atoms with E-state index >= 15 is 0 Å². The highest BCUT2D eigenvalue weighted by atomic mass is 14.9. The summed E-state index contributed by atoms with van der Waals surface area (Å²) in [5.41, 5.74) is 8.48. The molecular weight excluding hydrogens is 258 g/mol. The number of nitrogens with two attached hydrogens (primary N) is 1. The zero-order valence-electron chi connectivity index (χ0n) is 11.6. The first-order chi connectivity index (χ1) is 10.2. The standard InChI is InChI=1S/C18H17N3/c19-18(20)14-8-10-16(11-9-14)21-12-15-6-3-5-13-4-1-2-7-17(13)15/h1-11,21H,12H2,(H3,19,20). The van der Waals surface area contributed by atoms with Crippen LogP contribution in [0, 0.1) is 5.41 Å². The van der Waals surface area contributed by atoms with Crippen LogP contribution in [0.15, 0.2) is 66.7 Å². The fourth-order valence-electron chi connectivity index (χ4n) is 2.41. The van der Waals surface area contributed by atoms with E-state index < -0.39 is 0 Å². The van der Waals surface area contributed by atoms with E-state index in [1.165, 1.54) is 16.3 Å².